The van der Waals surface area contributed by atoms with Crippen molar-refractivity contribution in [2.75, 3.05) is 25.0 Å². The molecule has 1 saturated heterocycles. The van der Waals surface area contributed by atoms with Crippen LogP contribution in [0.1, 0.15) is 35.8 Å². The number of piperidine rings is 1. The van der Waals surface area contributed by atoms with E-state index in [1.807, 2.05) is 5.38 Å². The number of aromatic nitrogens is 1. The Morgan fingerprint density at radius 2 is 2.14 bits per heavy atom. The molecule has 2 aromatic rings. The lowest BCUT2D eigenvalue weighted by atomic mass is 10.0. The molecule has 1 aromatic carbocycles. The highest BCUT2D eigenvalue weighted by Crippen LogP contribution is 2.23. The first-order chi connectivity index (χ1) is 13.4. The predicted octanol–water partition coefficient (Wildman–Crippen LogP) is 4.05. The third-order valence-electron chi connectivity index (χ3n) is 4.52. The van der Waals surface area contributed by atoms with Crippen LogP contribution in [0.3, 0.4) is 0 Å². The summed E-state index contributed by atoms with van der Waals surface area (Å²) in [5, 5.41) is 8.44. The van der Waals surface area contributed by atoms with Crippen molar-refractivity contribution in [2.45, 2.75) is 26.3 Å². The van der Waals surface area contributed by atoms with Gasteiger partial charge >= 0.3 is 0 Å². The van der Waals surface area contributed by atoms with Crippen molar-refractivity contribution in [3.63, 3.8) is 0 Å². The Morgan fingerprint density at radius 3 is 2.89 bits per heavy atom. The number of carbonyl (C=O) groups excluding carboxylic acids is 2. The first kappa shape index (κ1) is 21.0. The van der Waals surface area contributed by atoms with Crippen molar-refractivity contribution in [3.05, 3.63) is 44.9 Å². The lowest BCUT2D eigenvalue weighted by molar-refractivity contribution is -0.115. The van der Waals surface area contributed by atoms with Crippen LogP contribution >= 0.6 is 34.5 Å². The summed E-state index contributed by atoms with van der Waals surface area (Å²) >= 11 is 13.1. The predicted molar refractivity (Wildman–Crippen MR) is 113 cm³/mol. The molecule has 1 aromatic heterocycles. The Hall–Kier alpha value is -1.67. The second kappa shape index (κ2) is 9.69. The van der Waals surface area contributed by atoms with Gasteiger partial charge in [0, 0.05) is 24.0 Å². The molecule has 0 bridgehead atoms. The minimum absolute atomic E-state index is 0.155. The van der Waals surface area contributed by atoms with Gasteiger partial charge in [0.05, 0.1) is 22.3 Å². The van der Waals surface area contributed by atoms with E-state index in [2.05, 4.69) is 27.4 Å². The Bertz CT molecular complexity index is 858. The third kappa shape index (κ3) is 5.91. The first-order valence-corrected chi connectivity index (χ1v) is 10.7. The van der Waals surface area contributed by atoms with Gasteiger partial charge in [0.15, 0.2) is 5.13 Å². The molecular formula is C19H22Cl2N4O2S. The largest absolute Gasteiger partial charge is 0.343 e. The molecule has 2 heterocycles. The van der Waals surface area contributed by atoms with E-state index < -0.39 is 5.91 Å². The highest BCUT2D eigenvalue weighted by Gasteiger charge is 2.18. The fourth-order valence-corrected chi connectivity index (χ4v) is 4.18. The molecule has 28 heavy (non-hydrogen) atoms. The van der Waals surface area contributed by atoms with Gasteiger partial charge in [-0.1, -0.05) is 30.1 Å². The van der Waals surface area contributed by atoms with E-state index in [1.165, 1.54) is 30.2 Å². The average Bonchev–Trinajstić information content (AvgIpc) is 3.08. The molecule has 2 amide bonds. The number of amides is 2. The summed E-state index contributed by atoms with van der Waals surface area (Å²) in [5.41, 5.74) is 1.30. The zero-order valence-corrected chi connectivity index (χ0v) is 17.8. The van der Waals surface area contributed by atoms with Crippen molar-refractivity contribution < 1.29 is 9.59 Å². The first-order valence-electron chi connectivity index (χ1n) is 9.10. The summed E-state index contributed by atoms with van der Waals surface area (Å²) in [4.78, 5) is 31.1. The molecule has 150 valence electrons. The Balaban J connectivity index is 1.46. The van der Waals surface area contributed by atoms with E-state index >= 15 is 0 Å². The molecule has 9 heteroatoms. The second-order valence-electron chi connectivity index (χ2n) is 6.99. The van der Waals surface area contributed by atoms with E-state index in [-0.39, 0.29) is 17.5 Å². The molecule has 3 rings (SSSR count). The van der Waals surface area contributed by atoms with Crippen molar-refractivity contribution in [1.29, 1.82) is 0 Å². The van der Waals surface area contributed by atoms with Crippen LogP contribution in [0.4, 0.5) is 5.13 Å². The molecule has 6 nitrogen and oxygen atoms in total. The third-order valence-corrected chi connectivity index (χ3v) is 6.06. The normalized spacial score (nSPS) is 17.3. The Labute approximate surface area is 178 Å². The lowest BCUT2D eigenvalue weighted by Gasteiger charge is -2.30. The fraction of sp³-hybridized carbons (Fsp3) is 0.421. The van der Waals surface area contributed by atoms with E-state index in [0.29, 0.717) is 21.6 Å². The molecule has 1 aliphatic heterocycles. The minimum Gasteiger partial charge on any atom is -0.343 e. The quantitative estimate of drug-likeness (QED) is 0.710. The maximum Gasteiger partial charge on any atom is 0.251 e. The minimum atomic E-state index is -0.396. The number of nitrogens with zero attached hydrogens (tertiary/aromatic N) is 2. The second-order valence-corrected chi connectivity index (χ2v) is 8.66. The number of rotatable bonds is 6. The number of anilines is 1. The van der Waals surface area contributed by atoms with E-state index in [4.69, 9.17) is 23.2 Å². The summed E-state index contributed by atoms with van der Waals surface area (Å²) < 4.78 is 0. The van der Waals surface area contributed by atoms with Gasteiger partial charge in [-0.3, -0.25) is 14.5 Å². The van der Waals surface area contributed by atoms with Crippen molar-refractivity contribution in [2.24, 2.45) is 5.92 Å². The number of nitrogens with one attached hydrogen (secondary N) is 2. The number of hydrogen-bond acceptors (Lipinski definition) is 5. The SMILES string of the molecule is C[C@H]1CCCN(Cc2csc(NC(=O)CNC(=O)c3ccc(Cl)c(Cl)c3)n2)C1. The summed E-state index contributed by atoms with van der Waals surface area (Å²) in [5.74, 6) is -0.0145. The van der Waals surface area contributed by atoms with Crippen LogP contribution in [-0.4, -0.2) is 41.3 Å². The van der Waals surface area contributed by atoms with Crippen LogP contribution in [-0.2, 0) is 11.3 Å². The van der Waals surface area contributed by atoms with E-state index in [9.17, 15) is 9.59 Å². The summed E-state index contributed by atoms with van der Waals surface area (Å²) in [6, 6.07) is 4.56. The van der Waals surface area contributed by atoms with Crippen LogP contribution in [0.2, 0.25) is 10.0 Å². The molecule has 0 saturated carbocycles. The molecule has 0 unspecified atom stereocenters. The summed E-state index contributed by atoms with van der Waals surface area (Å²) in [7, 11) is 0. The van der Waals surface area contributed by atoms with Gasteiger partial charge in [0.1, 0.15) is 0 Å². The van der Waals surface area contributed by atoms with E-state index in [0.717, 1.165) is 25.3 Å². The number of hydrogen-bond donors (Lipinski definition) is 2. The van der Waals surface area contributed by atoms with Crippen LogP contribution in [0.5, 0.6) is 0 Å². The molecule has 1 atom stereocenters. The standard InChI is InChI=1S/C19H22Cl2N4O2S/c1-12-3-2-6-25(9-12)10-14-11-28-19(23-14)24-17(26)8-22-18(27)13-4-5-15(20)16(21)7-13/h4-5,7,11-12H,2-3,6,8-10H2,1H3,(H,22,27)(H,23,24,26)/t12-/m0/s1. The Kier molecular flexibility index (Phi) is 7.29. The lowest BCUT2D eigenvalue weighted by Crippen LogP contribution is -2.34. The van der Waals surface area contributed by atoms with Crippen molar-refractivity contribution in [1.82, 2.24) is 15.2 Å². The van der Waals surface area contributed by atoms with Crippen molar-refractivity contribution >= 4 is 51.5 Å². The zero-order valence-electron chi connectivity index (χ0n) is 15.5. The maximum absolute atomic E-state index is 12.1. The van der Waals surface area contributed by atoms with Gasteiger partial charge in [-0.05, 0) is 43.5 Å². The summed E-state index contributed by atoms with van der Waals surface area (Å²) in [6.07, 6.45) is 2.50. The van der Waals surface area contributed by atoms with Gasteiger partial charge in [-0.2, -0.15) is 0 Å². The highest BCUT2D eigenvalue weighted by atomic mass is 35.5. The zero-order chi connectivity index (χ0) is 20.1. The smallest absolute Gasteiger partial charge is 0.251 e. The fourth-order valence-electron chi connectivity index (χ4n) is 3.16. The van der Waals surface area contributed by atoms with Crippen LogP contribution in [0.15, 0.2) is 23.6 Å². The monoisotopic (exact) mass is 440 g/mol. The number of thiazole rings is 1. The molecular weight excluding hydrogens is 419 g/mol. The number of likely N-dealkylation sites (tertiary alicyclic amines) is 1. The molecule has 0 radical (unpaired) electrons. The van der Waals surface area contributed by atoms with Gasteiger partial charge in [-0.15, -0.1) is 11.3 Å². The van der Waals surface area contributed by atoms with Crippen LogP contribution < -0.4 is 10.6 Å². The van der Waals surface area contributed by atoms with Crippen LogP contribution in [0, 0.1) is 5.92 Å². The van der Waals surface area contributed by atoms with Crippen molar-refractivity contribution in [3.8, 4) is 0 Å². The molecule has 0 aliphatic carbocycles. The van der Waals surface area contributed by atoms with Gasteiger partial charge in [0.2, 0.25) is 5.91 Å². The number of halogens is 2. The van der Waals surface area contributed by atoms with Gasteiger partial charge in [0.25, 0.3) is 5.91 Å². The van der Waals surface area contributed by atoms with Gasteiger partial charge in [-0.25, -0.2) is 4.98 Å². The maximum atomic E-state index is 12.1. The molecule has 1 aliphatic rings. The topological polar surface area (TPSA) is 74.3 Å². The van der Waals surface area contributed by atoms with Gasteiger partial charge < -0.3 is 10.6 Å². The number of benzene rings is 1. The summed E-state index contributed by atoms with van der Waals surface area (Å²) in [6.45, 7) is 5.08. The number of carbonyl (C=O) groups is 2. The molecule has 2 N–H and O–H groups in total. The highest BCUT2D eigenvalue weighted by molar-refractivity contribution is 7.13. The molecule has 0 spiro atoms. The molecule has 1 fully saturated rings. The van der Waals surface area contributed by atoms with E-state index in [1.54, 1.807) is 12.1 Å². The Morgan fingerprint density at radius 1 is 1.32 bits per heavy atom. The average molecular weight is 441 g/mol. The van der Waals surface area contributed by atoms with Crippen LogP contribution in [0.25, 0.3) is 0 Å².